The smallest absolute Gasteiger partial charge is 0.250 e. The number of anilines is 1. The number of rotatable bonds is 3. The van der Waals surface area contributed by atoms with Crippen LogP contribution in [0.1, 0.15) is 4.88 Å². The van der Waals surface area contributed by atoms with Crippen LogP contribution in [0.25, 0.3) is 16.3 Å². The number of hydrogen-bond acceptors (Lipinski definition) is 6. The van der Waals surface area contributed by atoms with E-state index in [1.54, 1.807) is 17.4 Å². The van der Waals surface area contributed by atoms with Crippen LogP contribution in [0.4, 0.5) is 5.13 Å². The zero-order valence-electron chi connectivity index (χ0n) is 11.9. The molecule has 1 aliphatic heterocycles. The van der Waals surface area contributed by atoms with E-state index in [0.717, 1.165) is 20.8 Å². The molecule has 1 amide bonds. The summed E-state index contributed by atoms with van der Waals surface area (Å²) in [7, 11) is 0. The highest BCUT2D eigenvalue weighted by Crippen LogP contribution is 2.37. The third-order valence-electron chi connectivity index (χ3n) is 3.22. The summed E-state index contributed by atoms with van der Waals surface area (Å²) >= 11 is 2.99. The highest BCUT2D eigenvalue weighted by molar-refractivity contribution is 7.22. The highest BCUT2D eigenvalue weighted by atomic mass is 32.1. The second kappa shape index (κ2) is 6.02. The lowest BCUT2D eigenvalue weighted by molar-refractivity contribution is -0.111. The Bertz CT molecular complexity index is 841. The SMILES string of the molecule is O=C(/C=C/c1cccs1)Nc1nc2cc3c(cc2s1)OCCO3. The molecule has 116 valence electrons. The average Bonchev–Trinajstić information content (AvgIpc) is 3.19. The zero-order valence-corrected chi connectivity index (χ0v) is 13.6. The van der Waals surface area contributed by atoms with Crippen molar-refractivity contribution in [3.8, 4) is 11.5 Å². The van der Waals surface area contributed by atoms with Gasteiger partial charge in [0.25, 0.3) is 0 Å². The Labute approximate surface area is 140 Å². The van der Waals surface area contributed by atoms with Gasteiger partial charge in [0.2, 0.25) is 5.91 Å². The van der Waals surface area contributed by atoms with Crippen LogP contribution in [0.2, 0.25) is 0 Å². The summed E-state index contributed by atoms with van der Waals surface area (Å²) < 4.78 is 12.1. The maximum atomic E-state index is 12.0. The predicted molar refractivity (Wildman–Crippen MR) is 92.6 cm³/mol. The van der Waals surface area contributed by atoms with Crippen molar-refractivity contribution in [2.75, 3.05) is 18.5 Å². The number of carbonyl (C=O) groups excluding carboxylic acids is 1. The average molecular weight is 344 g/mol. The normalized spacial score (nSPS) is 13.6. The van der Waals surface area contributed by atoms with E-state index in [2.05, 4.69) is 10.3 Å². The van der Waals surface area contributed by atoms with Gasteiger partial charge in [-0.2, -0.15) is 0 Å². The Hall–Kier alpha value is -2.38. The first-order valence-electron chi connectivity index (χ1n) is 7.01. The molecule has 0 saturated carbocycles. The minimum atomic E-state index is -0.199. The number of carbonyl (C=O) groups is 1. The molecule has 4 rings (SSSR count). The van der Waals surface area contributed by atoms with Crippen LogP contribution in [0, 0.1) is 0 Å². The van der Waals surface area contributed by atoms with Crippen LogP contribution < -0.4 is 14.8 Å². The van der Waals surface area contributed by atoms with Gasteiger partial charge >= 0.3 is 0 Å². The lowest BCUT2D eigenvalue weighted by Gasteiger charge is -2.17. The summed E-state index contributed by atoms with van der Waals surface area (Å²) in [6.45, 7) is 1.09. The number of nitrogens with one attached hydrogen (secondary N) is 1. The summed E-state index contributed by atoms with van der Waals surface area (Å²) in [6, 6.07) is 7.65. The van der Waals surface area contributed by atoms with Gasteiger partial charge in [-0.1, -0.05) is 17.4 Å². The molecule has 0 radical (unpaired) electrons. The fourth-order valence-electron chi connectivity index (χ4n) is 2.21. The number of thiophene rings is 1. The van der Waals surface area contributed by atoms with Crippen molar-refractivity contribution < 1.29 is 14.3 Å². The third kappa shape index (κ3) is 3.06. The molecule has 3 aromatic rings. The van der Waals surface area contributed by atoms with E-state index in [0.29, 0.717) is 24.1 Å². The highest BCUT2D eigenvalue weighted by Gasteiger charge is 2.15. The summed E-state index contributed by atoms with van der Waals surface area (Å²) in [5.74, 6) is 1.22. The number of hydrogen-bond donors (Lipinski definition) is 1. The van der Waals surface area contributed by atoms with Crippen molar-refractivity contribution in [2.45, 2.75) is 0 Å². The molecule has 0 fully saturated rings. The summed E-state index contributed by atoms with van der Waals surface area (Å²) in [5.41, 5.74) is 0.789. The van der Waals surface area contributed by atoms with Crippen molar-refractivity contribution in [3.05, 3.63) is 40.6 Å². The molecular weight excluding hydrogens is 332 g/mol. The van der Waals surface area contributed by atoms with Gasteiger partial charge < -0.3 is 9.47 Å². The molecule has 5 nitrogen and oxygen atoms in total. The van der Waals surface area contributed by atoms with E-state index in [4.69, 9.17) is 9.47 Å². The maximum Gasteiger partial charge on any atom is 0.250 e. The molecule has 0 spiro atoms. The van der Waals surface area contributed by atoms with Gasteiger partial charge in [0.15, 0.2) is 16.6 Å². The second-order valence-corrected chi connectivity index (χ2v) is 6.83. The van der Waals surface area contributed by atoms with E-state index in [1.807, 2.05) is 29.6 Å². The molecule has 0 bridgehead atoms. The zero-order chi connectivity index (χ0) is 15.6. The van der Waals surface area contributed by atoms with Crippen LogP contribution in [0.5, 0.6) is 11.5 Å². The summed E-state index contributed by atoms with van der Waals surface area (Å²) in [5, 5.41) is 5.32. The van der Waals surface area contributed by atoms with Crippen LogP contribution in [0.3, 0.4) is 0 Å². The number of benzene rings is 1. The lowest BCUT2D eigenvalue weighted by Crippen LogP contribution is -2.15. The standard InChI is InChI=1S/C16H12N2O3S2/c19-15(4-3-10-2-1-7-22-10)18-16-17-11-8-12-13(9-14(11)23-16)21-6-5-20-12/h1-4,7-9H,5-6H2,(H,17,18,19)/b4-3+. The van der Waals surface area contributed by atoms with Gasteiger partial charge in [0, 0.05) is 23.1 Å². The first-order chi connectivity index (χ1) is 11.3. The molecule has 0 aliphatic carbocycles. The van der Waals surface area contributed by atoms with Crippen molar-refractivity contribution in [1.82, 2.24) is 4.98 Å². The van der Waals surface area contributed by atoms with Crippen LogP contribution in [0.15, 0.2) is 35.7 Å². The molecule has 23 heavy (non-hydrogen) atoms. The minimum absolute atomic E-state index is 0.199. The van der Waals surface area contributed by atoms with Crippen LogP contribution in [-0.2, 0) is 4.79 Å². The topological polar surface area (TPSA) is 60.5 Å². The molecular formula is C16H12N2O3S2. The quantitative estimate of drug-likeness (QED) is 0.735. The molecule has 7 heteroatoms. The van der Waals surface area contributed by atoms with Crippen molar-refractivity contribution in [3.63, 3.8) is 0 Å². The van der Waals surface area contributed by atoms with Crippen molar-refractivity contribution in [2.24, 2.45) is 0 Å². The van der Waals surface area contributed by atoms with Gasteiger partial charge in [-0.05, 0) is 17.5 Å². The van der Waals surface area contributed by atoms with Gasteiger partial charge in [-0.15, -0.1) is 11.3 Å². The first kappa shape index (κ1) is 14.2. The first-order valence-corrected chi connectivity index (χ1v) is 8.70. The van der Waals surface area contributed by atoms with E-state index < -0.39 is 0 Å². The van der Waals surface area contributed by atoms with E-state index in [1.165, 1.54) is 17.4 Å². The fourth-order valence-corrected chi connectivity index (χ4v) is 3.71. The number of amides is 1. The number of ether oxygens (including phenoxy) is 2. The predicted octanol–water partition coefficient (Wildman–Crippen LogP) is 3.78. The number of nitrogens with zero attached hydrogens (tertiary/aromatic N) is 1. The Kier molecular flexibility index (Phi) is 3.72. The number of aromatic nitrogens is 1. The maximum absolute atomic E-state index is 12.0. The van der Waals surface area contributed by atoms with Crippen LogP contribution >= 0.6 is 22.7 Å². The molecule has 1 N–H and O–H groups in total. The van der Waals surface area contributed by atoms with E-state index in [-0.39, 0.29) is 5.91 Å². The molecule has 0 atom stereocenters. The molecule has 0 unspecified atom stereocenters. The Morgan fingerprint density at radius 2 is 2.09 bits per heavy atom. The Morgan fingerprint density at radius 1 is 1.26 bits per heavy atom. The Morgan fingerprint density at radius 3 is 2.87 bits per heavy atom. The number of thiazole rings is 1. The molecule has 1 aliphatic rings. The molecule has 2 aromatic heterocycles. The summed E-state index contributed by atoms with van der Waals surface area (Å²) in [6.07, 6.45) is 3.29. The van der Waals surface area contributed by atoms with Crippen LogP contribution in [-0.4, -0.2) is 24.1 Å². The second-order valence-electron chi connectivity index (χ2n) is 4.82. The summed E-state index contributed by atoms with van der Waals surface area (Å²) in [4.78, 5) is 17.4. The van der Waals surface area contributed by atoms with Gasteiger partial charge in [-0.3, -0.25) is 10.1 Å². The lowest BCUT2D eigenvalue weighted by atomic mass is 10.3. The molecule has 1 aromatic carbocycles. The minimum Gasteiger partial charge on any atom is -0.486 e. The fraction of sp³-hybridized carbons (Fsp3) is 0.125. The van der Waals surface area contributed by atoms with E-state index >= 15 is 0 Å². The van der Waals surface area contributed by atoms with Gasteiger partial charge in [0.1, 0.15) is 13.2 Å². The Balaban J connectivity index is 1.53. The van der Waals surface area contributed by atoms with Crippen molar-refractivity contribution in [1.29, 1.82) is 0 Å². The number of fused-ring (bicyclic) bond motifs is 2. The van der Waals surface area contributed by atoms with Gasteiger partial charge in [0.05, 0.1) is 10.2 Å². The monoisotopic (exact) mass is 344 g/mol. The molecule has 3 heterocycles. The molecule has 0 saturated heterocycles. The third-order valence-corrected chi connectivity index (χ3v) is 5.00. The van der Waals surface area contributed by atoms with E-state index in [9.17, 15) is 4.79 Å². The largest absolute Gasteiger partial charge is 0.486 e. The van der Waals surface area contributed by atoms with Crippen molar-refractivity contribution >= 4 is 50.0 Å². The van der Waals surface area contributed by atoms with Gasteiger partial charge in [-0.25, -0.2) is 4.98 Å².